The van der Waals surface area contributed by atoms with Gasteiger partial charge in [-0.25, -0.2) is 5.43 Å². The third kappa shape index (κ3) is 7.31. The first-order valence-electron chi connectivity index (χ1n) is 10.9. The first-order chi connectivity index (χ1) is 17.4. The third-order valence-corrected chi connectivity index (χ3v) is 4.98. The van der Waals surface area contributed by atoms with E-state index in [1.54, 1.807) is 54.6 Å². The molecule has 0 aliphatic carbocycles. The SMILES string of the molecule is C=CCOc1ccc(C(=O)N/N=C/c2cc(Cl)ccc2OCc2ccc([N+](=O)[O-])cc2)cc1OCC. The number of non-ortho nitro benzene ring substituents is 1. The molecule has 3 aromatic carbocycles. The van der Waals surface area contributed by atoms with Crippen molar-refractivity contribution < 1.29 is 23.9 Å². The largest absolute Gasteiger partial charge is 0.490 e. The van der Waals surface area contributed by atoms with Crippen LogP contribution < -0.4 is 19.6 Å². The van der Waals surface area contributed by atoms with Crippen molar-refractivity contribution in [2.24, 2.45) is 5.10 Å². The van der Waals surface area contributed by atoms with E-state index in [2.05, 4.69) is 17.1 Å². The molecule has 0 spiro atoms. The molecule has 36 heavy (non-hydrogen) atoms. The van der Waals surface area contributed by atoms with E-state index in [9.17, 15) is 14.9 Å². The van der Waals surface area contributed by atoms with Crippen LogP contribution in [-0.4, -0.2) is 30.3 Å². The fourth-order valence-electron chi connectivity index (χ4n) is 3.04. The Balaban J connectivity index is 1.68. The summed E-state index contributed by atoms with van der Waals surface area (Å²) >= 11 is 6.12. The minimum Gasteiger partial charge on any atom is -0.490 e. The second kappa shape index (κ2) is 12.9. The van der Waals surface area contributed by atoms with Crippen LogP contribution in [0.5, 0.6) is 17.2 Å². The Hall–Kier alpha value is -4.37. The zero-order valence-corrected chi connectivity index (χ0v) is 20.2. The first-order valence-corrected chi connectivity index (χ1v) is 11.3. The van der Waals surface area contributed by atoms with Gasteiger partial charge in [0.15, 0.2) is 11.5 Å². The van der Waals surface area contributed by atoms with Crippen LogP contribution in [0.4, 0.5) is 5.69 Å². The van der Waals surface area contributed by atoms with Crippen LogP contribution in [0, 0.1) is 10.1 Å². The first kappa shape index (κ1) is 26.2. The zero-order chi connectivity index (χ0) is 25.9. The Labute approximate surface area is 213 Å². The molecule has 0 aliphatic rings. The summed E-state index contributed by atoms with van der Waals surface area (Å²) in [7, 11) is 0. The number of halogens is 1. The van der Waals surface area contributed by atoms with Crippen molar-refractivity contribution in [3.8, 4) is 17.2 Å². The molecule has 0 bridgehead atoms. The van der Waals surface area contributed by atoms with E-state index in [-0.39, 0.29) is 12.3 Å². The highest BCUT2D eigenvalue weighted by Crippen LogP contribution is 2.28. The van der Waals surface area contributed by atoms with Crippen LogP contribution in [0.15, 0.2) is 78.4 Å². The molecule has 9 nitrogen and oxygen atoms in total. The molecule has 10 heteroatoms. The molecule has 0 heterocycles. The highest BCUT2D eigenvalue weighted by atomic mass is 35.5. The minimum absolute atomic E-state index is 0.00103. The van der Waals surface area contributed by atoms with Gasteiger partial charge in [0, 0.05) is 28.3 Å². The van der Waals surface area contributed by atoms with Crippen LogP contribution in [0.3, 0.4) is 0 Å². The van der Waals surface area contributed by atoms with Gasteiger partial charge in [-0.3, -0.25) is 14.9 Å². The van der Waals surface area contributed by atoms with E-state index in [0.29, 0.717) is 46.6 Å². The summed E-state index contributed by atoms with van der Waals surface area (Å²) in [5, 5.41) is 15.3. The van der Waals surface area contributed by atoms with Gasteiger partial charge in [-0.1, -0.05) is 24.3 Å². The van der Waals surface area contributed by atoms with E-state index in [1.807, 2.05) is 6.92 Å². The van der Waals surface area contributed by atoms with E-state index in [0.717, 1.165) is 5.56 Å². The fraction of sp³-hybridized carbons (Fsp3) is 0.154. The number of ether oxygens (including phenoxy) is 3. The molecule has 0 saturated heterocycles. The predicted molar refractivity (Wildman–Crippen MR) is 137 cm³/mol. The molecule has 0 atom stereocenters. The number of hydrogen-bond donors (Lipinski definition) is 1. The zero-order valence-electron chi connectivity index (χ0n) is 19.5. The third-order valence-electron chi connectivity index (χ3n) is 4.75. The normalized spacial score (nSPS) is 10.6. The molecule has 0 fully saturated rings. The van der Waals surface area contributed by atoms with Gasteiger partial charge in [-0.15, -0.1) is 0 Å². The van der Waals surface area contributed by atoms with E-state index < -0.39 is 10.8 Å². The summed E-state index contributed by atoms with van der Waals surface area (Å²) in [5.74, 6) is 0.967. The second-order valence-electron chi connectivity index (χ2n) is 7.29. The number of nitrogens with one attached hydrogen (secondary N) is 1. The number of hydrazone groups is 1. The lowest BCUT2D eigenvalue weighted by molar-refractivity contribution is -0.384. The summed E-state index contributed by atoms with van der Waals surface area (Å²) in [6.07, 6.45) is 3.03. The lowest BCUT2D eigenvalue weighted by Crippen LogP contribution is -2.18. The number of nitrogens with zero attached hydrogens (tertiary/aromatic N) is 2. The van der Waals surface area contributed by atoms with Crippen LogP contribution in [0.25, 0.3) is 0 Å². The van der Waals surface area contributed by atoms with Gasteiger partial charge >= 0.3 is 0 Å². The van der Waals surface area contributed by atoms with Crippen LogP contribution in [0.1, 0.15) is 28.4 Å². The molecular weight excluding hydrogens is 486 g/mol. The van der Waals surface area contributed by atoms with E-state index in [1.165, 1.54) is 18.3 Å². The van der Waals surface area contributed by atoms with Gasteiger partial charge in [0.25, 0.3) is 11.6 Å². The summed E-state index contributed by atoms with van der Waals surface area (Å²) in [6.45, 7) is 6.34. The highest BCUT2D eigenvalue weighted by Gasteiger charge is 2.12. The molecule has 0 aromatic heterocycles. The molecule has 1 amide bonds. The molecule has 3 aromatic rings. The Morgan fingerprint density at radius 2 is 1.81 bits per heavy atom. The molecule has 0 unspecified atom stereocenters. The molecule has 1 N–H and O–H groups in total. The number of nitro groups is 1. The van der Waals surface area contributed by atoms with E-state index in [4.69, 9.17) is 25.8 Å². The van der Waals surface area contributed by atoms with Crippen LogP contribution in [-0.2, 0) is 6.61 Å². The Morgan fingerprint density at radius 3 is 2.50 bits per heavy atom. The predicted octanol–water partition coefficient (Wildman–Crippen LogP) is 5.55. The smallest absolute Gasteiger partial charge is 0.271 e. The van der Waals surface area contributed by atoms with Crippen LogP contribution >= 0.6 is 11.6 Å². The maximum absolute atomic E-state index is 12.6. The molecule has 3 rings (SSSR count). The van der Waals surface area contributed by atoms with E-state index >= 15 is 0 Å². The maximum atomic E-state index is 12.6. The maximum Gasteiger partial charge on any atom is 0.271 e. The van der Waals surface area contributed by atoms with Gasteiger partial charge in [-0.05, 0) is 61.0 Å². The number of carbonyl (C=O) groups is 1. The standard InChI is InChI=1S/C26H24ClN3O6/c1-3-13-35-24-11-7-19(15-25(24)34-4-2)26(31)29-28-16-20-14-21(27)8-12-23(20)36-17-18-5-9-22(10-6-18)30(32)33/h3,5-12,14-16H,1,4,13,17H2,2H3,(H,29,31)/b28-16+. The monoisotopic (exact) mass is 509 g/mol. The highest BCUT2D eigenvalue weighted by molar-refractivity contribution is 6.30. The fourth-order valence-corrected chi connectivity index (χ4v) is 3.22. The minimum atomic E-state index is -0.463. The number of benzene rings is 3. The van der Waals surface area contributed by atoms with Crippen molar-refractivity contribution in [3.63, 3.8) is 0 Å². The van der Waals surface area contributed by atoms with Gasteiger partial charge < -0.3 is 14.2 Å². The van der Waals surface area contributed by atoms with Gasteiger partial charge in [0.1, 0.15) is 19.0 Å². The Kier molecular flexibility index (Phi) is 9.41. The van der Waals surface area contributed by atoms with Gasteiger partial charge in [0.05, 0.1) is 17.7 Å². The quantitative estimate of drug-likeness (QED) is 0.148. The topological polar surface area (TPSA) is 112 Å². The molecule has 0 saturated carbocycles. The van der Waals surface area contributed by atoms with Crippen LogP contribution in [0.2, 0.25) is 5.02 Å². The lowest BCUT2D eigenvalue weighted by atomic mass is 10.2. The Morgan fingerprint density at radius 1 is 1.06 bits per heavy atom. The average Bonchev–Trinajstić information content (AvgIpc) is 2.87. The van der Waals surface area contributed by atoms with Gasteiger partial charge in [0.2, 0.25) is 0 Å². The van der Waals surface area contributed by atoms with Crippen molar-refractivity contribution in [1.82, 2.24) is 5.43 Å². The summed E-state index contributed by atoms with van der Waals surface area (Å²) in [5.41, 5.74) is 4.09. The molecule has 186 valence electrons. The van der Waals surface area contributed by atoms with Gasteiger partial charge in [-0.2, -0.15) is 5.10 Å². The van der Waals surface area contributed by atoms with Crippen molar-refractivity contribution >= 4 is 29.4 Å². The van der Waals surface area contributed by atoms with Crippen molar-refractivity contribution in [2.45, 2.75) is 13.5 Å². The molecule has 0 radical (unpaired) electrons. The van der Waals surface area contributed by atoms with Crippen molar-refractivity contribution in [1.29, 1.82) is 0 Å². The Bertz CT molecular complexity index is 1260. The number of carbonyl (C=O) groups excluding carboxylic acids is 1. The molecule has 0 aliphatic heterocycles. The number of rotatable bonds is 12. The number of amides is 1. The van der Waals surface area contributed by atoms with Crippen molar-refractivity contribution in [2.75, 3.05) is 13.2 Å². The number of hydrogen-bond acceptors (Lipinski definition) is 7. The van der Waals surface area contributed by atoms with Crippen molar-refractivity contribution in [3.05, 3.63) is 105 Å². The lowest BCUT2D eigenvalue weighted by Gasteiger charge is -2.12. The summed E-state index contributed by atoms with van der Waals surface area (Å²) in [6, 6.07) is 15.9. The number of nitro benzene ring substituents is 1. The second-order valence-corrected chi connectivity index (χ2v) is 7.72. The summed E-state index contributed by atoms with van der Waals surface area (Å²) in [4.78, 5) is 23.0. The molecular formula is C26H24ClN3O6. The average molecular weight is 510 g/mol. The summed E-state index contributed by atoms with van der Waals surface area (Å²) < 4.78 is 17.0.